The second-order valence-corrected chi connectivity index (χ2v) is 6.83. The molecule has 0 saturated carbocycles. The van der Waals surface area contributed by atoms with Crippen LogP contribution in [0.2, 0.25) is 10.0 Å². The van der Waals surface area contributed by atoms with Crippen molar-refractivity contribution in [2.24, 2.45) is 4.99 Å². The quantitative estimate of drug-likeness (QED) is 0.857. The maximum absolute atomic E-state index is 12.2. The summed E-state index contributed by atoms with van der Waals surface area (Å²) in [6, 6.07) is 5.41. The molecule has 0 bridgehead atoms. The number of fused-ring (bicyclic) bond motifs is 1. The molecule has 19 heavy (non-hydrogen) atoms. The average molecular weight is 331 g/mol. The Morgan fingerprint density at radius 3 is 2.95 bits per heavy atom. The fourth-order valence-electron chi connectivity index (χ4n) is 1.75. The maximum atomic E-state index is 12.2. The van der Waals surface area contributed by atoms with Crippen molar-refractivity contribution in [3.05, 3.63) is 33.1 Å². The van der Waals surface area contributed by atoms with Gasteiger partial charge in [-0.25, -0.2) is 0 Å². The Hall–Kier alpha value is -0.750. The van der Waals surface area contributed by atoms with Gasteiger partial charge in [0.05, 0.1) is 11.6 Å². The molecule has 98 valence electrons. The lowest BCUT2D eigenvalue weighted by Crippen LogP contribution is -2.26. The van der Waals surface area contributed by atoms with Gasteiger partial charge in [0.15, 0.2) is 5.17 Å². The van der Waals surface area contributed by atoms with Gasteiger partial charge in [0.1, 0.15) is 4.88 Å². The number of thioether (sulfide) groups is 1. The minimum Gasteiger partial charge on any atom is -0.301 e. The number of amides is 1. The SMILES string of the molecule is O=C(NC1=NCCS1)c1sc2cc(Cl)ccc2c1Cl. The first-order chi connectivity index (χ1) is 9.15. The van der Waals surface area contributed by atoms with Crippen molar-refractivity contribution in [3.63, 3.8) is 0 Å². The van der Waals surface area contributed by atoms with Crippen LogP contribution < -0.4 is 5.32 Å². The third-order valence-corrected chi connectivity index (χ3v) is 5.39. The lowest BCUT2D eigenvalue weighted by molar-refractivity contribution is 0.0982. The van der Waals surface area contributed by atoms with E-state index < -0.39 is 0 Å². The minimum atomic E-state index is -0.213. The van der Waals surface area contributed by atoms with E-state index in [0.29, 0.717) is 20.1 Å². The summed E-state index contributed by atoms with van der Waals surface area (Å²) >= 11 is 15.1. The van der Waals surface area contributed by atoms with Crippen LogP contribution in [0.1, 0.15) is 9.67 Å². The highest BCUT2D eigenvalue weighted by Gasteiger charge is 2.19. The van der Waals surface area contributed by atoms with Gasteiger partial charge in [-0.1, -0.05) is 41.0 Å². The van der Waals surface area contributed by atoms with Crippen LogP contribution in [0.15, 0.2) is 23.2 Å². The number of carbonyl (C=O) groups excluding carboxylic acids is 1. The zero-order valence-electron chi connectivity index (χ0n) is 9.57. The first-order valence-electron chi connectivity index (χ1n) is 5.51. The van der Waals surface area contributed by atoms with Crippen LogP contribution in [0.5, 0.6) is 0 Å². The molecule has 1 aliphatic rings. The topological polar surface area (TPSA) is 41.5 Å². The van der Waals surface area contributed by atoms with Crippen molar-refractivity contribution in [2.75, 3.05) is 12.3 Å². The molecule has 7 heteroatoms. The van der Waals surface area contributed by atoms with Crippen LogP contribution in [-0.2, 0) is 0 Å². The highest BCUT2D eigenvalue weighted by molar-refractivity contribution is 8.14. The van der Waals surface area contributed by atoms with Crippen molar-refractivity contribution in [3.8, 4) is 0 Å². The predicted molar refractivity (Wildman–Crippen MR) is 84.1 cm³/mol. The number of nitrogens with one attached hydrogen (secondary N) is 1. The van der Waals surface area contributed by atoms with Crippen molar-refractivity contribution >= 4 is 67.5 Å². The van der Waals surface area contributed by atoms with Crippen molar-refractivity contribution < 1.29 is 4.79 Å². The van der Waals surface area contributed by atoms with Gasteiger partial charge in [-0.2, -0.15) is 0 Å². The zero-order valence-corrected chi connectivity index (χ0v) is 12.7. The average Bonchev–Trinajstić information content (AvgIpc) is 2.97. The van der Waals surface area contributed by atoms with Gasteiger partial charge in [0.2, 0.25) is 0 Å². The third-order valence-electron chi connectivity index (χ3n) is 2.60. The van der Waals surface area contributed by atoms with Gasteiger partial charge in [0, 0.05) is 20.9 Å². The summed E-state index contributed by atoms with van der Waals surface area (Å²) in [5, 5.41) is 5.39. The molecule has 0 fully saturated rings. The number of halogens is 2. The Morgan fingerprint density at radius 1 is 1.37 bits per heavy atom. The number of benzene rings is 1. The minimum absolute atomic E-state index is 0.213. The molecule has 1 amide bonds. The highest BCUT2D eigenvalue weighted by atomic mass is 35.5. The third kappa shape index (κ3) is 2.60. The summed E-state index contributed by atoms with van der Waals surface area (Å²) in [4.78, 5) is 16.8. The van der Waals surface area contributed by atoms with Crippen LogP contribution >= 0.6 is 46.3 Å². The molecule has 2 aromatic rings. The summed E-state index contributed by atoms with van der Waals surface area (Å²) in [5.41, 5.74) is 0. The summed E-state index contributed by atoms with van der Waals surface area (Å²) in [5.74, 6) is 0.696. The molecule has 2 heterocycles. The number of rotatable bonds is 1. The van der Waals surface area contributed by atoms with Crippen LogP contribution in [-0.4, -0.2) is 23.4 Å². The molecule has 0 saturated heterocycles. The van der Waals surface area contributed by atoms with Crippen LogP contribution in [0.4, 0.5) is 0 Å². The molecular formula is C12H8Cl2N2OS2. The number of amidine groups is 1. The van der Waals surface area contributed by atoms with Gasteiger partial charge in [-0.3, -0.25) is 9.79 Å². The second kappa shape index (κ2) is 5.32. The van der Waals surface area contributed by atoms with E-state index in [1.807, 2.05) is 12.1 Å². The van der Waals surface area contributed by atoms with E-state index in [9.17, 15) is 4.79 Å². The first-order valence-corrected chi connectivity index (χ1v) is 8.07. The smallest absolute Gasteiger partial charge is 0.268 e. The normalized spacial score (nSPS) is 14.7. The molecule has 1 N–H and O–H groups in total. The summed E-state index contributed by atoms with van der Waals surface area (Å²) in [6.07, 6.45) is 0. The Morgan fingerprint density at radius 2 is 2.21 bits per heavy atom. The number of nitrogens with zero attached hydrogens (tertiary/aromatic N) is 1. The van der Waals surface area contributed by atoms with E-state index in [4.69, 9.17) is 23.2 Å². The second-order valence-electron chi connectivity index (χ2n) is 3.88. The fraction of sp³-hybridized carbons (Fsp3) is 0.167. The number of hydrogen-bond donors (Lipinski definition) is 1. The van der Waals surface area contributed by atoms with E-state index in [0.717, 1.165) is 22.4 Å². The molecule has 0 unspecified atom stereocenters. The van der Waals surface area contributed by atoms with Crippen LogP contribution in [0, 0.1) is 0 Å². The molecule has 0 atom stereocenters. The van der Waals surface area contributed by atoms with Crippen molar-refractivity contribution in [1.82, 2.24) is 5.32 Å². The predicted octanol–water partition coefficient (Wildman–Crippen LogP) is 4.04. The Bertz CT molecular complexity index is 696. The largest absolute Gasteiger partial charge is 0.301 e. The van der Waals surface area contributed by atoms with Crippen molar-refractivity contribution in [1.29, 1.82) is 0 Å². The summed E-state index contributed by atoms with van der Waals surface area (Å²) < 4.78 is 0.906. The van der Waals surface area contributed by atoms with E-state index >= 15 is 0 Å². The Balaban J connectivity index is 1.95. The van der Waals surface area contributed by atoms with E-state index in [1.54, 1.807) is 6.07 Å². The van der Waals surface area contributed by atoms with Crippen LogP contribution in [0.3, 0.4) is 0 Å². The lowest BCUT2D eigenvalue weighted by atomic mass is 10.2. The molecule has 3 rings (SSSR count). The molecule has 1 aromatic carbocycles. The molecule has 1 aliphatic heterocycles. The Kier molecular flexibility index (Phi) is 3.71. The molecule has 1 aromatic heterocycles. The van der Waals surface area contributed by atoms with Crippen LogP contribution in [0.25, 0.3) is 10.1 Å². The standard InChI is InChI=1S/C12H8Cl2N2OS2/c13-6-1-2-7-8(5-6)19-10(9(7)14)11(17)16-12-15-3-4-18-12/h1-2,5H,3-4H2,(H,15,16,17). The van der Waals surface area contributed by atoms with Gasteiger partial charge >= 0.3 is 0 Å². The molecule has 0 radical (unpaired) electrons. The molecule has 0 aliphatic carbocycles. The Labute approximate surface area is 128 Å². The zero-order chi connectivity index (χ0) is 13.4. The summed E-state index contributed by atoms with van der Waals surface area (Å²) in [6.45, 7) is 0.746. The summed E-state index contributed by atoms with van der Waals surface area (Å²) in [7, 11) is 0. The number of thiophene rings is 1. The van der Waals surface area contributed by atoms with E-state index in [2.05, 4.69) is 10.3 Å². The number of aliphatic imine (C=N–C) groups is 1. The van der Waals surface area contributed by atoms with Gasteiger partial charge < -0.3 is 5.32 Å². The van der Waals surface area contributed by atoms with E-state index in [-0.39, 0.29) is 5.91 Å². The van der Waals surface area contributed by atoms with E-state index in [1.165, 1.54) is 23.1 Å². The highest BCUT2D eigenvalue weighted by Crippen LogP contribution is 2.36. The molecule has 3 nitrogen and oxygen atoms in total. The first kappa shape index (κ1) is 13.2. The monoisotopic (exact) mass is 330 g/mol. The maximum Gasteiger partial charge on any atom is 0.268 e. The fourth-order valence-corrected chi connectivity index (χ4v) is 4.16. The molecule has 0 spiro atoms. The van der Waals surface area contributed by atoms with Gasteiger partial charge in [0.25, 0.3) is 5.91 Å². The lowest BCUT2D eigenvalue weighted by Gasteiger charge is -2.01. The number of carbonyl (C=O) groups is 1. The van der Waals surface area contributed by atoms with Gasteiger partial charge in [-0.15, -0.1) is 11.3 Å². The van der Waals surface area contributed by atoms with Crippen molar-refractivity contribution in [2.45, 2.75) is 0 Å². The molecular weight excluding hydrogens is 323 g/mol. The van der Waals surface area contributed by atoms with Gasteiger partial charge in [-0.05, 0) is 12.1 Å². The number of hydrogen-bond acceptors (Lipinski definition) is 4.